The molecule has 0 aromatic carbocycles. The number of rotatable bonds is 0. The minimum absolute atomic E-state index is 0.109. The first-order chi connectivity index (χ1) is 6.66. The average Bonchev–Trinajstić information content (AvgIpc) is 2.32. The van der Waals surface area contributed by atoms with Crippen molar-refractivity contribution < 1.29 is 4.79 Å². The van der Waals surface area contributed by atoms with Crippen LogP contribution in [0.1, 0.15) is 19.0 Å². The normalized spacial score (nSPS) is 16.2. The van der Waals surface area contributed by atoms with Gasteiger partial charge in [0, 0.05) is 26.1 Å². The number of anilines is 1. The lowest BCUT2D eigenvalue weighted by molar-refractivity contribution is -0.129. The van der Waals surface area contributed by atoms with E-state index in [2.05, 4.69) is 5.10 Å². The first-order valence-corrected chi connectivity index (χ1v) is 4.74. The molecule has 0 bridgehead atoms. The summed E-state index contributed by atoms with van der Waals surface area (Å²) in [6.07, 6.45) is 0.938. The van der Waals surface area contributed by atoms with Gasteiger partial charge in [-0.2, -0.15) is 5.10 Å². The van der Waals surface area contributed by atoms with Crippen LogP contribution in [0.25, 0.3) is 0 Å². The van der Waals surface area contributed by atoms with Gasteiger partial charge in [0.2, 0.25) is 5.91 Å². The molecule has 2 heterocycles. The molecule has 0 saturated heterocycles. The Morgan fingerprint density at radius 3 is 3.07 bits per heavy atom. The number of carbonyl (C=O) groups excluding carboxylic acids is 1. The molecule has 76 valence electrons. The molecule has 0 unspecified atom stereocenters. The van der Waals surface area contributed by atoms with E-state index < -0.39 is 0 Å². The molecule has 2 N–H and O–H groups in total. The molecule has 1 aromatic rings. The van der Waals surface area contributed by atoms with Gasteiger partial charge >= 0.3 is 0 Å². The van der Waals surface area contributed by atoms with Crippen molar-refractivity contribution in [3.8, 4) is 0 Å². The molecule has 0 fully saturated rings. The molecular weight excluding hydrogens is 180 g/mol. The van der Waals surface area contributed by atoms with E-state index in [-0.39, 0.29) is 5.91 Å². The van der Waals surface area contributed by atoms with E-state index in [1.807, 2.05) is 15.6 Å². The third-order valence-electron chi connectivity index (χ3n) is 2.48. The molecule has 1 aliphatic heterocycles. The summed E-state index contributed by atoms with van der Waals surface area (Å²) in [5.41, 5.74) is 6.62. The number of amides is 1. The molecular formula is C9H14N4O. The quantitative estimate of drug-likeness (QED) is 0.642. The van der Waals surface area contributed by atoms with Gasteiger partial charge in [-0.1, -0.05) is 0 Å². The molecule has 2 rings (SSSR count). The van der Waals surface area contributed by atoms with Crippen molar-refractivity contribution in [2.24, 2.45) is 0 Å². The number of aromatic nitrogens is 2. The smallest absolute Gasteiger partial charge is 0.219 e. The van der Waals surface area contributed by atoms with Crippen molar-refractivity contribution in [2.45, 2.75) is 26.4 Å². The number of carbonyl (C=O) groups is 1. The van der Waals surface area contributed by atoms with Gasteiger partial charge in [-0.15, -0.1) is 0 Å². The fourth-order valence-electron chi connectivity index (χ4n) is 1.75. The Morgan fingerprint density at radius 2 is 2.36 bits per heavy atom. The van der Waals surface area contributed by atoms with E-state index in [0.717, 1.165) is 25.2 Å². The summed E-state index contributed by atoms with van der Waals surface area (Å²) >= 11 is 0. The van der Waals surface area contributed by atoms with Crippen LogP contribution < -0.4 is 5.73 Å². The second kappa shape index (κ2) is 3.32. The predicted octanol–water partition coefficient (Wildman–Crippen LogP) is 0.217. The summed E-state index contributed by atoms with van der Waals surface area (Å²) in [5.74, 6) is 0.642. The molecule has 1 aromatic heterocycles. The summed E-state index contributed by atoms with van der Waals surface area (Å²) in [4.78, 5) is 13.1. The molecule has 0 saturated carbocycles. The fraction of sp³-hybridized carbons (Fsp3) is 0.556. The van der Waals surface area contributed by atoms with E-state index in [4.69, 9.17) is 5.73 Å². The molecule has 14 heavy (non-hydrogen) atoms. The van der Waals surface area contributed by atoms with E-state index in [1.54, 1.807) is 6.92 Å². The van der Waals surface area contributed by atoms with E-state index in [1.165, 1.54) is 0 Å². The summed E-state index contributed by atoms with van der Waals surface area (Å²) in [6.45, 7) is 3.86. The Hall–Kier alpha value is -1.52. The van der Waals surface area contributed by atoms with Crippen LogP contribution in [0.15, 0.2) is 6.07 Å². The Balaban J connectivity index is 2.25. The van der Waals surface area contributed by atoms with Crippen LogP contribution in [-0.2, 0) is 17.9 Å². The van der Waals surface area contributed by atoms with E-state index in [0.29, 0.717) is 12.4 Å². The lowest BCUT2D eigenvalue weighted by atomic mass is 10.3. The zero-order chi connectivity index (χ0) is 10.1. The predicted molar refractivity (Wildman–Crippen MR) is 52.3 cm³/mol. The molecule has 1 amide bonds. The van der Waals surface area contributed by atoms with Crippen LogP contribution in [-0.4, -0.2) is 27.1 Å². The van der Waals surface area contributed by atoms with Gasteiger partial charge in [-0.3, -0.25) is 9.48 Å². The zero-order valence-corrected chi connectivity index (χ0v) is 8.23. The van der Waals surface area contributed by atoms with Crippen molar-refractivity contribution in [1.29, 1.82) is 0 Å². The number of hydrogen-bond donors (Lipinski definition) is 1. The number of nitrogen functional groups attached to an aromatic ring is 1. The van der Waals surface area contributed by atoms with Crippen LogP contribution in [0.4, 0.5) is 5.82 Å². The maximum Gasteiger partial charge on any atom is 0.219 e. The van der Waals surface area contributed by atoms with Gasteiger partial charge in [-0.05, 0) is 6.42 Å². The average molecular weight is 194 g/mol. The monoisotopic (exact) mass is 194 g/mol. The maximum absolute atomic E-state index is 11.2. The maximum atomic E-state index is 11.2. The molecule has 0 atom stereocenters. The molecule has 5 nitrogen and oxygen atoms in total. The van der Waals surface area contributed by atoms with Crippen molar-refractivity contribution in [3.05, 3.63) is 11.8 Å². The van der Waals surface area contributed by atoms with E-state index in [9.17, 15) is 4.79 Å². The summed E-state index contributed by atoms with van der Waals surface area (Å²) in [7, 11) is 0. The van der Waals surface area contributed by atoms with Gasteiger partial charge in [0.15, 0.2) is 0 Å². The first kappa shape index (κ1) is 9.05. The van der Waals surface area contributed by atoms with Crippen LogP contribution in [0.5, 0.6) is 0 Å². The van der Waals surface area contributed by atoms with Gasteiger partial charge in [0.1, 0.15) is 5.82 Å². The van der Waals surface area contributed by atoms with Gasteiger partial charge in [-0.25, -0.2) is 0 Å². The largest absolute Gasteiger partial charge is 0.382 e. The van der Waals surface area contributed by atoms with Crippen molar-refractivity contribution >= 4 is 11.7 Å². The number of aryl methyl sites for hydroxylation is 1. The second-order valence-corrected chi connectivity index (χ2v) is 3.58. The number of nitrogens with two attached hydrogens (primary N) is 1. The number of nitrogens with zero attached hydrogens (tertiary/aromatic N) is 3. The van der Waals surface area contributed by atoms with Crippen molar-refractivity contribution in [1.82, 2.24) is 14.7 Å². The Labute approximate surface area is 82.5 Å². The van der Waals surface area contributed by atoms with E-state index >= 15 is 0 Å². The molecule has 5 heteroatoms. The summed E-state index contributed by atoms with van der Waals surface area (Å²) in [6, 6.07) is 1.83. The highest BCUT2D eigenvalue weighted by atomic mass is 16.2. The lowest BCUT2D eigenvalue weighted by Gasteiger charge is -2.17. The third-order valence-corrected chi connectivity index (χ3v) is 2.48. The van der Waals surface area contributed by atoms with Crippen LogP contribution in [0.3, 0.4) is 0 Å². The van der Waals surface area contributed by atoms with Crippen molar-refractivity contribution in [3.63, 3.8) is 0 Å². The number of hydrogen-bond acceptors (Lipinski definition) is 3. The van der Waals surface area contributed by atoms with Crippen molar-refractivity contribution in [2.75, 3.05) is 12.3 Å². The number of fused-ring (bicyclic) bond motifs is 1. The third kappa shape index (κ3) is 1.57. The van der Waals surface area contributed by atoms with Gasteiger partial charge in [0.05, 0.1) is 12.2 Å². The molecule has 1 aliphatic rings. The fourth-order valence-corrected chi connectivity index (χ4v) is 1.75. The highest BCUT2D eigenvalue weighted by molar-refractivity contribution is 5.73. The second-order valence-electron chi connectivity index (χ2n) is 3.58. The topological polar surface area (TPSA) is 64.2 Å². The molecule has 0 radical (unpaired) electrons. The Kier molecular flexibility index (Phi) is 2.15. The summed E-state index contributed by atoms with van der Waals surface area (Å²) < 4.78 is 1.89. The minimum Gasteiger partial charge on any atom is -0.382 e. The summed E-state index contributed by atoms with van der Waals surface area (Å²) in [5, 5.41) is 4.16. The highest BCUT2D eigenvalue weighted by Crippen LogP contribution is 2.14. The standard InChI is InChI=1S/C9H14N4O/c1-7(14)12-3-2-4-13-8(6-12)5-9(10)11-13/h5H,2-4,6H2,1H3,(H2,10,11). The van der Waals surface area contributed by atoms with Crippen LogP contribution in [0, 0.1) is 0 Å². The Morgan fingerprint density at radius 1 is 1.57 bits per heavy atom. The van der Waals surface area contributed by atoms with Crippen LogP contribution in [0.2, 0.25) is 0 Å². The van der Waals surface area contributed by atoms with Crippen LogP contribution >= 0.6 is 0 Å². The van der Waals surface area contributed by atoms with Gasteiger partial charge < -0.3 is 10.6 Å². The minimum atomic E-state index is 0.109. The first-order valence-electron chi connectivity index (χ1n) is 4.74. The zero-order valence-electron chi connectivity index (χ0n) is 8.23. The SMILES string of the molecule is CC(=O)N1CCCn2nc(N)cc2C1. The molecule has 0 spiro atoms. The highest BCUT2D eigenvalue weighted by Gasteiger charge is 2.17. The lowest BCUT2D eigenvalue weighted by Crippen LogP contribution is -2.28. The molecule has 0 aliphatic carbocycles. The Bertz CT molecular complexity index is 358. The van der Waals surface area contributed by atoms with Gasteiger partial charge in [0.25, 0.3) is 0 Å².